The van der Waals surface area contributed by atoms with Crippen molar-refractivity contribution >= 4 is 5.71 Å². The van der Waals surface area contributed by atoms with Crippen molar-refractivity contribution in [1.82, 2.24) is 5.16 Å². The van der Waals surface area contributed by atoms with Crippen molar-refractivity contribution in [2.24, 2.45) is 5.16 Å². The molecular weight excluding hydrogens is 256 g/mol. The summed E-state index contributed by atoms with van der Waals surface area (Å²) in [5, 5.41) is 16.3. The quantitative estimate of drug-likeness (QED) is 0.447. The molecule has 3 aromatic rings. The zero-order valence-electron chi connectivity index (χ0n) is 10.6. The van der Waals surface area contributed by atoms with Crippen LogP contribution in [0.2, 0.25) is 0 Å². The zero-order chi connectivity index (χ0) is 13.8. The summed E-state index contributed by atoms with van der Waals surface area (Å²) in [6.07, 6.45) is 1.83. The molecule has 5 heteroatoms. The van der Waals surface area contributed by atoms with Gasteiger partial charge >= 0.3 is 0 Å². The molecule has 5 nitrogen and oxygen atoms in total. The summed E-state index contributed by atoms with van der Waals surface area (Å²) in [4.78, 5) is 0. The molecule has 0 aliphatic carbocycles. The fourth-order valence-electron chi connectivity index (χ4n) is 1.92. The van der Waals surface area contributed by atoms with Gasteiger partial charge < -0.3 is 14.1 Å². The second kappa shape index (κ2) is 5.44. The number of rotatable bonds is 4. The molecule has 1 aromatic carbocycles. The van der Waals surface area contributed by atoms with E-state index in [0.717, 1.165) is 11.3 Å². The molecule has 0 radical (unpaired) electrons. The summed E-state index contributed by atoms with van der Waals surface area (Å²) in [5.74, 6) is 1.11. The van der Waals surface area contributed by atoms with Gasteiger partial charge in [-0.2, -0.15) is 0 Å². The molecule has 3 rings (SSSR count). The Kier molecular flexibility index (Phi) is 3.33. The SMILES string of the molecule is O/N=C(/Cc1cc(-c2ccccc2)no1)c1ccco1. The summed E-state index contributed by atoms with van der Waals surface area (Å²) in [6.45, 7) is 0. The molecule has 0 saturated carbocycles. The van der Waals surface area contributed by atoms with E-state index in [1.54, 1.807) is 12.1 Å². The molecule has 20 heavy (non-hydrogen) atoms. The average Bonchev–Trinajstić information content (AvgIpc) is 3.17. The Hall–Kier alpha value is -2.82. The number of oxime groups is 1. The van der Waals surface area contributed by atoms with Gasteiger partial charge in [0.25, 0.3) is 0 Å². The van der Waals surface area contributed by atoms with Gasteiger partial charge in [0.05, 0.1) is 12.7 Å². The Morgan fingerprint density at radius 2 is 2.00 bits per heavy atom. The van der Waals surface area contributed by atoms with E-state index >= 15 is 0 Å². The smallest absolute Gasteiger partial charge is 0.151 e. The molecule has 0 saturated heterocycles. The van der Waals surface area contributed by atoms with Crippen LogP contribution >= 0.6 is 0 Å². The standard InChI is InChI=1S/C15H12N2O3/c18-16-14(15-7-4-8-19-15)10-12-9-13(17-20-12)11-5-2-1-3-6-11/h1-9,18H,10H2/b16-14-. The molecule has 0 spiro atoms. The highest BCUT2D eigenvalue weighted by atomic mass is 16.5. The van der Waals surface area contributed by atoms with E-state index in [0.29, 0.717) is 23.7 Å². The van der Waals surface area contributed by atoms with E-state index < -0.39 is 0 Å². The molecule has 2 heterocycles. The van der Waals surface area contributed by atoms with Crippen molar-refractivity contribution in [3.05, 3.63) is 66.3 Å². The van der Waals surface area contributed by atoms with Gasteiger partial charge in [-0.25, -0.2) is 0 Å². The van der Waals surface area contributed by atoms with Crippen LogP contribution in [0.4, 0.5) is 0 Å². The van der Waals surface area contributed by atoms with E-state index in [9.17, 15) is 0 Å². The average molecular weight is 268 g/mol. The fraction of sp³-hybridized carbons (Fsp3) is 0.0667. The van der Waals surface area contributed by atoms with Gasteiger partial charge in [0.15, 0.2) is 5.76 Å². The van der Waals surface area contributed by atoms with Crippen LogP contribution in [0, 0.1) is 0 Å². The first kappa shape index (κ1) is 12.2. The molecule has 0 atom stereocenters. The summed E-state index contributed by atoms with van der Waals surface area (Å²) in [6, 6.07) is 15.0. The molecule has 100 valence electrons. The second-order valence-corrected chi connectivity index (χ2v) is 4.25. The summed E-state index contributed by atoms with van der Waals surface area (Å²) >= 11 is 0. The lowest BCUT2D eigenvalue weighted by atomic mass is 10.1. The third-order valence-corrected chi connectivity index (χ3v) is 2.90. The molecule has 0 bridgehead atoms. The van der Waals surface area contributed by atoms with Crippen LogP contribution in [0.15, 0.2) is 68.9 Å². The minimum atomic E-state index is 0.309. The molecular formula is C15H12N2O3. The fourth-order valence-corrected chi connectivity index (χ4v) is 1.92. The summed E-state index contributed by atoms with van der Waals surface area (Å²) in [7, 11) is 0. The Labute approximate surface area is 115 Å². The first-order valence-corrected chi connectivity index (χ1v) is 6.12. The number of aromatic nitrogens is 1. The third kappa shape index (κ3) is 2.47. The second-order valence-electron chi connectivity index (χ2n) is 4.25. The van der Waals surface area contributed by atoms with Crippen LogP contribution in [0.3, 0.4) is 0 Å². The maximum Gasteiger partial charge on any atom is 0.151 e. The summed E-state index contributed by atoms with van der Waals surface area (Å²) in [5.41, 5.74) is 2.12. The zero-order valence-corrected chi connectivity index (χ0v) is 10.6. The number of furan rings is 1. The van der Waals surface area contributed by atoms with Crippen molar-refractivity contribution < 1.29 is 14.1 Å². The minimum absolute atomic E-state index is 0.309. The number of hydrogen-bond donors (Lipinski definition) is 1. The topological polar surface area (TPSA) is 71.8 Å². The lowest BCUT2D eigenvalue weighted by Gasteiger charge is -1.96. The third-order valence-electron chi connectivity index (χ3n) is 2.90. The molecule has 0 aliphatic heterocycles. The summed E-state index contributed by atoms with van der Waals surface area (Å²) < 4.78 is 10.5. The molecule has 0 fully saturated rings. The van der Waals surface area contributed by atoms with E-state index in [-0.39, 0.29) is 0 Å². The highest BCUT2D eigenvalue weighted by Crippen LogP contribution is 2.19. The predicted octanol–water partition coefficient (Wildman–Crippen LogP) is 3.36. The van der Waals surface area contributed by atoms with Crippen molar-refractivity contribution in [1.29, 1.82) is 0 Å². The maximum atomic E-state index is 9.05. The minimum Gasteiger partial charge on any atom is -0.463 e. The Morgan fingerprint density at radius 1 is 1.15 bits per heavy atom. The van der Waals surface area contributed by atoms with Crippen molar-refractivity contribution in [3.8, 4) is 11.3 Å². The number of nitrogens with zero attached hydrogens (tertiary/aromatic N) is 2. The Morgan fingerprint density at radius 3 is 2.70 bits per heavy atom. The van der Waals surface area contributed by atoms with E-state index in [1.165, 1.54) is 6.26 Å². The van der Waals surface area contributed by atoms with Gasteiger partial charge in [-0.3, -0.25) is 0 Å². The number of hydrogen-bond acceptors (Lipinski definition) is 5. The van der Waals surface area contributed by atoms with Gasteiger partial charge in [0.2, 0.25) is 0 Å². The Balaban J connectivity index is 1.81. The van der Waals surface area contributed by atoms with Crippen LogP contribution < -0.4 is 0 Å². The Bertz CT molecular complexity index is 700. The lowest BCUT2D eigenvalue weighted by Crippen LogP contribution is -2.03. The predicted molar refractivity (Wildman–Crippen MR) is 72.7 cm³/mol. The maximum absolute atomic E-state index is 9.05. The van der Waals surface area contributed by atoms with Crippen LogP contribution in [0.5, 0.6) is 0 Å². The van der Waals surface area contributed by atoms with Crippen molar-refractivity contribution in [2.75, 3.05) is 0 Å². The lowest BCUT2D eigenvalue weighted by molar-refractivity contribution is 0.315. The number of benzene rings is 1. The van der Waals surface area contributed by atoms with E-state index in [4.69, 9.17) is 14.1 Å². The molecule has 0 unspecified atom stereocenters. The highest BCUT2D eigenvalue weighted by Gasteiger charge is 2.13. The monoisotopic (exact) mass is 268 g/mol. The molecule has 0 aliphatic rings. The van der Waals surface area contributed by atoms with Crippen LogP contribution in [0.1, 0.15) is 11.5 Å². The first-order chi connectivity index (χ1) is 9.86. The van der Waals surface area contributed by atoms with Crippen LogP contribution in [0.25, 0.3) is 11.3 Å². The van der Waals surface area contributed by atoms with E-state index in [2.05, 4.69) is 10.3 Å². The van der Waals surface area contributed by atoms with Crippen LogP contribution in [-0.4, -0.2) is 16.1 Å². The van der Waals surface area contributed by atoms with Gasteiger partial charge in [-0.05, 0) is 12.1 Å². The largest absolute Gasteiger partial charge is 0.463 e. The molecule has 2 aromatic heterocycles. The van der Waals surface area contributed by atoms with Gasteiger partial charge in [-0.1, -0.05) is 40.6 Å². The van der Waals surface area contributed by atoms with Crippen molar-refractivity contribution in [3.63, 3.8) is 0 Å². The molecule has 1 N–H and O–H groups in total. The van der Waals surface area contributed by atoms with Gasteiger partial charge in [0, 0.05) is 11.6 Å². The molecule has 0 amide bonds. The van der Waals surface area contributed by atoms with E-state index in [1.807, 2.05) is 36.4 Å². The van der Waals surface area contributed by atoms with Crippen LogP contribution in [-0.2, 0) is 6.42 Å². The highest BCUT2D eigenvalue weighted by molar-refractivity contribution is 5.98. The first-order valence-electron chi connectivity index (χ1n) is 6.12. The normalized spacial score (nSPS) is 11.7. The van der Waals surface area contributed by atoms with Crippen molar-refractivity contribution in [2.45, 2.75) is 6.42 Å². The van der Waals surface area contributed by atoms with Gasteiger partial charge in [-0.15, -0.1) is 0 Å². The van der Waals surface area contributed by atoms with Gasteiger partial charge in [0.1, 0.15) is 17.2 Å².